The lowest BCUT2D eigenvalue weighted by atomic mass is 9.81. The average molecular weight is 741 g/mol. The van der Waals surface area contributed by atoms with E-state index in [-0.39, 0.29) is 5.41 Å². The Kier molecular flexibility index (Phi) is 6.98. The lowest BCUT2D eigenvalue weighted by molar-refractivity contribution is 0.661. The number of hydrogen-bond donors (Lipinski definition) is 0. The van der Waals surface area contributed by atoms with Crippen molar-refractivity contribution in [2.45, 2.75) is 19.3 Å². The van der Waals surface area contributed by atoms with E-state index in [4.69, 9.17) is 14.4 Å². The quantitative estimate of drug-likeness (QED) is 0.180. The highest BCUT2D eigenvalue weighted by Crippen LogP contribution is 2.53. The van der Waals surface area contributed by atoms with Crippen molar-refractivity contribution in [2.24, 2.45) is 0 Å². The molecule has 3 heteroatoms. The summed E-state index contributed by atoms with van der Waals surface area (Å²) in [4.78, 5) is 10.5. The summed E-state index contributed by atoms with van der Waals surface area (Å²) in [6.45, 7) is 4.69. The van der Waals surface area contributed by atoms with Crippen molar-refractivity contribution in [3.63, 3.8) is 0 Å². The fourth-order valence-electron chi connectivity index (χ4n) is 9.37. The van der Waals surface area contributed by atoms with Crippen LogP contribution in [-0.2, 0) is 5.41 Å². The van der Waals surface area contributed by atoms with Crippen molar-refractivity contribution in [3.05, 3.63) is 193 Å². The topological polar surface area (TPSA) is 38.9 Å². The molecule has 1 aliphatic rings. The molecule has 58 heavy (non-hydrogen) atoms. The van der Waals surface area contributed by atoms with E-state index in [1.807, 2.05) is 18.2 Å². The molecule has 0 unspecified atom stereocenters. The molecule has 3 nitrogen and oxygen atoms in total. The van der Waals surface area contributed by atoms with E-state index in [1.54, 1.807) is 0 Å². The van der Waals surface area contributed by atoms with Gasteiger partial charge in [-0.15, -0.1) is 0 Å². The Hall–Kier alpha value is -7.36. The van der Waals surface area contributed by atoms with Gasteiger partial charge in [0.2, 0.25) is 0 Å². The highest BCUT2D eigenvalue weighted by atomic mass is 16.3. The number of furan rings is 1. The molecule has 2 heterocycles. The Morgan fingerprint density at radius 3 is 1.83 bits per heavy atom. The van der Waals surface area contributed by atoms with Gasteiger partial charge in [-0.2, -0.15) is 0 Å². The number of para-hydroxylation sites is 1. The molecule has 0 N–H and O–H groups in total. The van der Waals surface area contributed by atoms with E-state index in [0.717, 1.165) is 55.4 Å². The number of hydrogen-bond acceptors (Lipinski definition) is 3. The Morgan fingerprint density at radius 2 is 1.02 bits per heavy atom. The van der Waals surface area contributed by atoms with E-state index in [1.165, 1.54) is 60.3 Å². The summed E-state index contributed by atoms with van der Waals surface area (Å²) in [6, 6.07) is 65.5. The molecular formula is C55H36N2O. The van der Waals surface area contributed by atoms with Gasteiger partial charge in [0.05, 0.1) is 11.4 Å². The Morgan fingerprint density at radius 1 is 0.379 bits per heavy atom. The molecule has 0 saturated heterocycles. The standard InChI is InChI=1S/C55H36N2O/c1-55(2)47-17-10-16-44(53(47)46-28-34-13-6-7-14-35(34)30-48(46)55)50-32-49(56-54(57-50)33-11-4-3-5-12-33)41-24-23-37-25-36(19-20-38(37)26-41)39-21-22-40-31-52-45(29-42(40)27-39)43-15-8-9-18-51(43)58-52/h3-32H,1-2H3. The zero-order chi connectivity index (χ0) is 38.5. The summed E-state index contributed by atoms with van der Waals surface area (Å²) in [5, 5.41) is 9.52. The molecule has 9 aromatic carbocycles. The summed E-state index contributed by atoms with van der Waals surface area (Å²) in [5.41, 5.74) is 14.3. The van der Waals surface area contributed by atoms with Crippen molar-refractivity contribution in [3.8, 4) is 56.2 Å². The molecule has 0 bridgehead atoms. The van der Waals surface area contributed by atoms with Crippen LogP contribution in [0.3, 0.4) is 0 Å². The molecule has 12 rings (SSSR count). The maximum atomic E-state index is 6.17. The van der Waals surface area contributed by atoms with Crippen molar-refractivity contribution < 1.29 is 4.42 Å². The second-order valence-electron chi connectivity index (χ2n) is 16.2. The smallest absolute Gasteiger partial charge is 0.160 e. The molecule has 11 aromatic rings. The predicted molar refractivity (Wildman–Crippen MR) is 241 cm³/mol. The summed E-state index contributed by atoms with van der Waals surface area (Å²) in [7, 11) is 0. The lowest BCUT2D eigenvalue weighted by Gasteiger charge is -2.22. The third-order valence-corrected chi connectivity index (χ3v) is 12.4. The first-order chi connectivity index (χ1) is 28.4. The normalized spacial score (nSPS) is 13.1. The van der Waals surface area contributed by atoms with E-state index in [9.17, 15) is 0 Å². The summed E-state index contributed by atoms with van der Waals surface area (Å²) in [5.74, 6) is 0.717. The van der Waals surface area contributed by atoms with Crippen LogP contribution in [0.2, 0.25) is 0 Å². The highest BCUT2D eigenvalue weighted by Gasteiger charge is 2.37. The summed E-state index contributed by atoms with van der Waals surface area (Å²) in [6.07, 6.45) is 0. The monoisotopic (exact) mass is 740 g/mol. The second-order valence-corrected chi connectivity index (χ2v) is 16.2. The van der Waals surface area contributed by atoms with Gasteiger partial charge in [0.1, 0.15) is 11.2 Å². The first-order valence-corrected chi connectivity index (χ1v) is 20.0. The van der Waals surface area contributed by atoms with Crippen LogP contribution in [0.25, 0.3) is 110 Å². The first kappa shape index (κ1) is 32.8. The van der Waals surface area contributed by atoms with Gasteiger partial charge >= 0.3 is 0 Å². The molecule has 272 valence electrons. The van der Waals surface area contributed by atoms with Crippen molar-refractivity contribution in [2.75, 3.05) is 0 Å². The molecule has 0 spiro atoms. The first-order valence-electron chi connectivity index (χ1n) is 20.0. The number of aromatic nitrogens is 2. The molecule has 0 fully saturated rings. The maximum absolute atomic E-state index is 6.17. The van der Waals surface area contributed by atoms with Crippen molar-refractivity contribution >= 4 is 54.3 Å². The summed E-state index contributed by atoms with van der Waals surface area (Å²) >= 11 is 0. The van der Waals surface area contributed by atoms with Crippen LogP contribution < -0.4 is 0 Å². The zero-order valence-corrected chi connectivity index (χ0v) is 32.1. The maximum Gasteiger partial charge on any atom is 0.160 e. The Bertz CT molecular complexity index is 3480. The number of rotatable bonds is 4. The van der Waals surface area contributed by atoms with Crippen LogP contribution in [-0.4, -0.2) is 9.97 Å². The molecule has 0 radical (unpaired) electrons. The van der Waals surface area contributed by atoms with Gasteiger partial charge in [-0.05, 0) is 120 Å². The van der Waals surface area contributed by atoms with Crippen LogP contribution in [0, 0.1) is 0 Å². The molecule has 0 amide bonds. The second kappa shape index (κ2) is 12.3. The molecule has 1 aliphatic carbocycles. The van der Waals surface area contributed by atoms with Gasteiger partial charge in [0.25, 0.3) is 0 Å². The fourth-order valence-corrected chi connectivity index (χ4v) is 9.37. The molecule has 0 aliphatic heterocycles. The van der Waals surface area contributed by atoms with Crippen LogP contribution in [0.4, 0.5) is 0 Å². The molecular weight excluding hydrogens is 705 g/mol. The third-order valence-electron chi connectivity index (χ3n) is 12.4. The van der Waals surface area contributed by atoms with Gasteiger partial charge in [0.15, 0.2) is 5.82 Å². The van der Waals surface area contributed by atoms with E-state index in [2.05, 4.69) is 178 Å². The molecule has 0 saturated carbocycles. The Balaban J connectivity index is 0.969. The van der Waals surface area contributed by atoms with E-state index in [0.29, 0.717) is 5.82 Å². The minimum atomic E-state index is -0.145. The third kappa shape index (κ3) is 5.06. The van der Waals surface area contributed by atoms with E-state index < -0.39 is 0 Å². The number of nitrogens with zero attached hydrogens (tertiary/aromatic N) is 2. The van der Waals surface area contributed by atoms with Gasteiger partial charge in [-0.3, -0.25) is 0 Å². The predicted octanol–water partition coefficient (Wildman–Crippen LogP) is 14.8. The van der Waals surface area contributed by atoms with Gasteiger partial charge in [-0.25, -0.2) is 9.97 Å². The van der Waals surface area contributed by atoms with E-state index >= 15 is 0 Å². The van der Waals surface area contributed by atoms with Gasteiger partial charge in [0, 0.05) is 32.9 Å². The lowest BCUT2D eigenvalue weighted by Crippen LogP contribution is -2.14. The fraction of sp³-hybridized carbons (Fsp3) is 0.0545. The summed E-state index contributed by atoms with van der Waals surface area (Å²) < 4.78 is 6.17. The minimum Gasteiger partial charge on any atom is -0.456 e. The van der Waals surface area contributed by atoms with Crippen molar-refractivity contribution in [1.82, 2.24) is 9.97 Å². The highest BCUT2D eigenvalue weighted by molar-refractivity contribution is 6.10. The average Bonchev–Trinajstić information content (AvgIpc) is 3.74. The van der Waals surface area contributed by atoms with Gasteiger partial charge in [-0.1, -0.05) is 141 Å². The van der Waals surface area contributed by atoms with Crippen LogP contribution in [0.5, 0.6) is 0 Å². The van der Waals surface area contributed by atoms with Crippen LogP contribution in [0.1, 0.15) is 25.0 Å². The largest absolute Gasteiger partial charge is 0.456 e. The molecule has 2 aromatic heterocycles. The number of benzene rings is 9. The van der Waals surface area contributed by atoms with Crippen LogP contribution in [0.15, 0.2) is 186 Å². The SMILES string of the molecule is CC1(C)c2cc3ccccc3cc2-c2c(-c3cc(-c4ccc5cc(-c6ccc7cc8oc9ccccc9c8cc7c6)ccc5c4)nc(-c4ccccc4)n3)cccc21. The van der Waals surface area contributed by atoms with Gasteiger partial charge < -0.3 is 4.42 Å². The minimum absolute atomic E-state index is 0.145. The molecule has 0 atom stereocenters. The van der Waals surface area contributed by atoms with Crippen LogP contribution >= 0.6 is 0 Å². The Labute approximate surface area is 335 Å². The zero-order valence-electron chi connectivity index (χ0n) is 32.1. The van der Waals surface area contributed by atoms with Crippen molar-refractivity contribution in [1.29, 1.82) is 0 Å². The number of fused-ring (bicyclic) bond motifs is 9.